The van der Waals surface area contributed by atoms with Gasteiger partial charge in [0.05, 0.1) is 19.3 Å². The molecule has 5 nitrogen and oxygen atoms in total. The van der Waals surface area contributed by atoms with Crippen LogP contribution in [0.3, 0.4) is 0 Å². The van der Waals surface area contributed by atoms with Crippen molar-refractivity contribution in [2.75, 3.05) is 19.0 Å². The Kier molecular flexibility index (Phi) is 5.60. The van der Waals surface area contributed by atoms with Gasteiger partial charge in [-0.25, -0.2) is 5.43 Å². The average molecular weight is 289 g/mol. The molecule has 0 saturated heterocycles. The van der Waals surface area contributed by atoms with Crippen molar-refractivity contribution < 1.29 is 9.53 Å². The van der Waals surface area contributed by atoms with Gasteiger partial charge < -0.3 is 10.1 Å². The number of ether oxygens (including phenoxy) is 1. The second-order valence-electron chi connectivity index (χ2n) is 5.34. The molecule has 1 aromatic carbocycles. The molecule has 0 spiro atoms. The monoisotopic (exact) mass is 289 g/mol. The maximum atomic E-state index is 11.8. The molecular formula is C16H23N3O2. The van der Waals surface area contributed by atoms with Crippen molar-refractivity contribution in [3.63, 3.8) is 0 Å². The van der Waals surface area contributed by atoms with Gasteiger partial charge >= 0.3 is 0 Å². The van der Waals surface area contributed by atoms with Gasteiger partial charge in [-0.15, -0.1) is 0 Å². The summed E-state index contributed by atoms with van der Waals surface area (Å²) in [6.07, 6.45) is 4.57. The molecule has 1 atom stereocenters. The van der Waals surface area contributed by atoms with Crippen LogP contribution in [0.1, 0.15) is 32.6 Å². The zero-order chi connectivity index (χ0) is 15.1. The lowest BCUT2D eigenvalue weighted by atomic mass is 9.89. The van der Waals surface area contributed by atoms with E-state index in [1.54, 1.807) is 7.11 Å². The first-order valence-corrected chi connectivity index (χ1v) is 7.43. The Hall–Kier alpha value is -2.04. The maximum absolute atomic E-state index is 11.8. The second-order valence-corrected chi connectivity index (χ2v) is 5.34. The Bertz CT molecular complexity index is 514. The predicted octanol–water partition coefficient (Wildman–Crippen LogP) is 2.79. The van der Waals surface area contributed by atoms with Crippen LogP contribution in [0.15, 0.2) is 29.4 Å². The lowest BCUT2D eigenvalue weighted by Gasteiger charge is -2.19. The third-order valence-electron chi connectivity index (χ3n) is 3.76. The van der Waals surface area contributed by atoms with Gasteiger partial charge in [0.25, 0.3) is 5.91 Å². The number of amides is 1. The summed E-state index contributed by atoms with van der Waals surface area (Å²) in [7, 11) is 1.61. The molecule has 0 heterocycles. The van der Waals surface area contributed by atoms with Gasteiger partial charge in [0.15, 0.2) is 0 Å². The molecule has 1 aliphatic rings. The lowest BCUT2D eigenvalue weighted by Crippen LogP contribution is -2.29. The fourth-order valence-corrected chi connectivity index (χ4v) is 2.48. The fourth-order valence-electron chi connectivity index (χ4n) is 2.48. The van der Waals surface area contributed by atoms with Crippen LogP contribution >= 0.6 is 0 Å². The highest BCUT2D eigenvalue weighted by atomic mass is 16.5. The normalized spacial score (nSPS) is 20.1. The van der Waals surface area contributed by atoms with Crippen LogP contribution in [0.4, 0.5) is 5.69 Å². The van der Waals surface area contributed by atoms with Crippen LogP contribution in [0.5, 0.6) is 5.75 Å². The first-order valence-electron chi connectivity index (χ1n) is 7.43. The third kappa shape index (κ3) is 4.48. The molecule has 1 saturated carbocycles. The molecule has 1 fully saturated rings. The van der Waals surface area contributed by atoms with Gasteiger partial charge in [0.1, 0.15) is 5.75 Å². The highest BCUT2D eigenvalue weighted by Crippen LogP contribution is 2.22. The highest BCUT2D eigenvalue weighted by molar-refractivity contribution is 5.89. The smallest absolute Gasteiger partial charge is 0.259 e. The summed E-state index contributed by atoms with van der Waals surface area (Å²) in [6, 6.07) is 7.51. The van der Waals surface area contributed by atoms with Crippen molar-refractivity contribution in [2.24, 2.45) is 11.0 Å². The summed E-state index contributed by atoms with van der Waals surface area (Å²) in [4.78, 5) is 11.8. The standard InChI is InChI=1S/C16H23N3O2/c1-12-7-3-4-8-13(12)18-19-16(20)11-17-14-9-5-6-10-15(14)21-2/h5-6,9-10,12,17H,3-4,7-8,11H2,1-2H3,(H,19,20)/t12-/m1/s1. The first kappa shape index (κ1) is 15.4. The number of para-hydroxylation sites is 2. The topological polar surface area (TPSA) is 62.7 Å². The number of hydrogen-bond donors (Lipinski definition) is 2. The number of hydrogen-bond acceptors (Lipinski definition) is 4. The summed E-state index contributed by atoms with van der Waals surface area (Å²) in [6.45, 7) is 2.34. The van der Waals surface area contributed by atoms with E-state index in [0.29, 0.717) is 5.92 Å². The van der Waals surface area contributed by atoms with E-state index < -0.39 is 0 Å². The minimum atomic E-state index is -0.147. The van der Waals surface area contributed by atoms with Gasteiger partial charge in [-0.05, 0) is 37.3 Å². The minimum absolute atomic E-state index is 0.147. The van der Waals surface area contributed by atoms with E-state index in [4.69, 9.17) is 4.74 Å². The Morgan fingerprint density at radius 3 is 2.95 bits per heavy atom. The van der Waals surface area contributed by atoms with Gasteiger partial charge in [-0.2, -0.15) is 5.10 Å². The molecule has 0 aliphatic heterocycles. The molecule has 0 unspecified atom stereocenters. The van der Waals surface area contributed by atoms with Crippen molar-refractivity contribution >= 4 is 17.3 Å². The Labute approximate surface area is 125 Å². The molecule has 1 aromatic rings. The number of carbonyl (C=O) groups is 1. The van der Waals surface area contributed by atoms with Crippen LogP contribution in [0.2, 0.25) is 0 Å². The number of rotatable bonds is 5. The molecule has 5 heteroatoms. The fraction of sp³-hybridized carbons (Fsp3) is 0.500. The zero-order valence-electron chi connectivity index (χ0n) is 12.7. The summed E-state index contributed by atoms with van der Waals surface area (Å²) in [5.74, 6) is 1.05. The Morgan fingerprint density at radius 2 is 2.19 bits per heavy atom. The maximum Gasteiger partial charge on any atom is 0.259 e. The number of methoxy groups -OCH3 is 1. The van der Waals surface area contributed by atoms with Gasteiger partial charge in [0, 0.05) is 5.71 Å². The van der Waals surface area contributed by atoms with Crippen LogP contribution < -0.4 is 15.5 Å². The van der Waals surface area contributed by atoms with E-state index in [9.17, 15) is 4.79 Å². The quantitative estimate of drug-likeness (QED) is 0.819. The predicted molar refractivity (Wildman–Crippen MR) is 84.7 cm³/mol. The summed E-state index contributed by atoms with van der Waals surface area (Å²) < 4.78 is 5.23. The van der Waals surface area contributed by atoms with Crippen molar-refractivity contribution in [1.82, 2.24) is 5.43 Å². The van der Waals surface area contributed by atoms with Crippen molar-refractivity contribution in [3.05, 3.63) is 24.3 Å². The van der Waals surface area contributed by atoms with Crippen molar-refractivity contribution in [3.8, 4) is 5.75 Å². The van der Waals surface area contributed by atoms with Gasteiger partial charge in [0.2, 0.25) is 0 Å². The summed E-state index contributed by atoms with van der Waals surface area (Å²) in [5.41, 5.74) is 4.54. The molecule has 114 valence electrons. The Balaban J connectivity index is 1.83. The first-order chi connectivity index (χ1) is 10.2. The summed E-state index contributed by atoms with van der Waals surface area (Å²) >= 11 is 0. The van der Waals surface area contributed by atoms with Crippen LogP contribution in [0, 0.1) is 5.92 Å². The van der Waals surface area contributed by atoms with Crippen molar-refractivity contribution in [2.45, 2.75) is 32.6 Å². The third-order valence-corrected chi connectivity index (χ3v) is 3.76. The number of hydrazone groups is 1. The molecule has 0 bridgehead atoms. The number of carbonyl (C=O) groups excluding carboxylic acids is 1. The SMILES string of the molecule is COc1ccccc1NCC(=O)NN=C1CCCC[C@H]1C. The molecular weight excluding hydrogens is 266 g/mol. The second kappa shape index (κ2) is 7.67. The molecule has 1 aliphatic carbocycles. The number of nitrogens with one attached hydrogen (secondary N) is 2. The van der Waals surface area contributed by atoms with E-state index >= 15 is 0 Å². The molecule has 2 rings (SSSR count). The van der Waals surface area contributed by atoms with E-state index in [-0.39, 0.29) is 12.5 Å². The molecule has 21 heavy (non-hydrogen) atoms. The molecule has 2 N–H and O–H groups in total. The number of anilines is 1. The average Bonchev–Trinajstić information content (AvgIpc) is 2.52. The molecule has 0 aromatic heterocycles. The highest BCUT2D eigenvalue weighted by Gasteiger charge is 2.16. The van der Waals surface area contributed by atoms with Crippen LogP contribution in [0.25, 0.3) is 0 Å². The number of benzene rings is 1. The summed E-state index contributed by atoms with van der Waals surface area (Å²) in [5, 5.41) is 7.32. The number of nitrogens with zero attached hydrogens (tertiary/aromatic N) is 1. The van der Waals surface area contributed by atoms with E-state index in [1.165, 1.54) is 12.8 Å². The lowest BCUT2D eigenvalue weighted by molar-refractivity contribution is -0.119. The van der Waals surface area contributed by atoms with E-state index in [2.05, 4.69) is 22.8 Å². The largest absolute Gasteiger partial charge is 0.495 e. The Morgan fingerprint density at radius 1 is 1.38 bits per heavy atom. The van der Waals surface area contributed by atoms with Gasteiger partial charge in [-0.3, -0.25) is 4.79 Å². The van der Waals surface area contributed by atoms with Crippen LogP contribution in [-0.4, -0.2) is 25.3 Å². The minimum Gasteiger partial charge on any atom is -0.495 e. The van der Waals surface area contributed by atoms with E-state index in [0.717, 1.165) is 30.0 Å². The van der Waals surface area contributed by atoms with E-state index in [1.807, 2.05) is 24.3 Å². The van der Waals surface area contributed by atoms with Crippen molar-refractivity contribution in [1.29, 1.82) is 0 Å². The molecule has 1 amide bonds. The van der Waals surface area contributed by atoms with Gasteiger partial charge in [-0.1, -0.05) is 25.5 Å². The zero-order valence-corrected chi connectivity index (χ0v) is 12.7. The molecule has 0 radical (unpaired) electrons. The van der Waals surface area contributed by atoms with Crippen LogP contribution in [-0.2, 0) is 4.79 Å².